The van der Waals surface area contributed by atoms with Crippen molar-refractivity contribution >= 4 is 0 Å². The lowest BCUT2D eigenvalue weighted by molar-refractivity contribution is -0.116. The lowest BCUT2D eigenvalue weighted by atomic mass is 9.83. The standard InChI is InChI=1S/C13H22N2O2/c1-10(2)12-9-13(16,5-7-17-12)8-11-4-6-15(3)14-11/h4,6,10,12,16H,5,7-9H2,1-3H3. The second-order valence-corrected chi connectivity index (χ2v) is 5.49. The molecular weight excluding hydrogens is 216 g/mol. The molecule has 0 amide bonds. The van der Waals surface area contributed by atoms with Gasteiger partial charge in [-0.15, -0.1) is 0 Å². The van der Waals surface area contributed by atoms with Gasteiger partial charge in [-0.05, 0) is 18.4 Å². The summed E-state index contributed by atoms with van der Waals surface area (Å²) in [5, 5.41) is 15.0. The van der Waals surface area contributed by atoms with Gasteiger partial charge in [-0.1, -0.05) is 13.8 Å². The molecule has 96 valence electrons. The average molecular weight is 238 g/mol. The van der Waals surface area contributed by atoms with Crippen LogP contribution in [0.2, 0.25) is 0 Å². The third-order valence-electron chi connectivity index (χ3n) is 3.50. The van der Waals surface area contributed by atoms with Gasteiger partial charge in [0, 0.05) is 32.7 Å². The Labute approximate surface area is 103 Å². The van der Waals surface area contributed by atoms with Crippen molar-refractivity contribution in [1.29, 1.82) is 0 Å². The highest BCUT2D eigenvalue weighted by Crippen LogP contribution is 2.30. The molecule has 0 bridgehead atoms. The fraction of sp³-hybridized carbons (Fsp3) is 0.769. The average Bonchev–Trinajstić information content (AvgIpc) is 2.63. The van der Waals surface area contributed by atoms with Gasteiger partial charge in [0.1, 0.15) is 0 Å². The molecular formula is C13H22N2O2. The summed E-state index contributed by atoms with van der Waals surface area (Å²) in [6, 6.07) is 1.97. The maximum Gasteiger partial charge on any atom is 0.0750 e. The highest BCUT2D eigenvalue weighted by atomic mass is 16.5. The lowest BCUT2D eigenvalue weighted by Gasteiger charge is -2.38. The minimum absolute atomic E-state index is 0.164. The zero-order valence-corrected chi connectivity index (χ0v) is 10.9. The zero-order valence-electron chi connectivity index (χ0n) is 10.9. The summed E-state index contributed by atoms with van der Waals surface area (Å²) in [6.45, 7) is 4.92. The van der Waals surface area contributed by atoms with Crippen LogP contribution in [-0.2, 0) is 18.2 Å². The molecule has 2 rings (SSSR count). The molecule has 1 N–H and O–H groups in total. The largest absolute Gasteiger partial charge is 0.389 e. The molecule has 1 saturated heterocycles. The normalized spacial score (nSPS) is 29.8. The van der Waals surface area contributed by atoms with E-state index in [2.05, 4.69) is 18.9 Å². The third kappa shape index (κ3) is 3.07. The second kappa shape index (κ2) is 4.78. The number of hydrogen-bond acceptors (Lipinski definition) is 3. The number of aryl methyl sites for hydroxylation is 1. The van der Waals surface area contributed by atoms with Crippen LogP contribution in [0.1, 0.15) is 32.4 Å². The first-order valence-electron chi connectivity index (χ1n) is 6.31. The van der Waals surface area contributed by atoms with E-state index < -0.39 is 5.60 Å². The fourth-order valence-electron chi connectivity index (χ4n) is 2.42. The number of hydrogen-bond donors (Lipinski definition) is 1. The molecule has 0 aromatic carbocycles. The van der Waals surface area contributed by atoms with Crippen LogP contribution in [0.4, 0.5) is 0 Å². The summed E-state index contributed by atoms with van der Waals surface area (Å²) in [4.78, 5) is 0. The molecule has 0 saturated carbocycles. The molecule has 4 nitrogen and oxygen atoms in total. The van der Waals surface area contributed by atoms with E-state index in [0.717, 1.165) is 5.69 Å². The molecule has 1 aliphatic heterocycles. The third-order valence-corrected chi connectivity index (χ3v) is 3.50. The number of aromatic nitrogens is 2. The van der Waals surface area contributed by atoms with E-state index in [1.807, 2.05) is 19.3 Å². The minimum atomic E-state index is -0.651. The van der Waals surface area contributed by atoms with Crippen LogP contribution in [0.3, 0.4) is 0 Å². The molecule has 17 heavy (non-hydrogen) atoms. The molecule has 0 spiro atoms. The molecule has 1 aliphatic rings. The van der Waals surface area contributed by atoms with Crippen molar-refractivity contribution in [2.24, 2.45) is 13.0 Å². The predicted molar refractivity (Wildman–Crippen MR) is 65.7 cm³/mol. The summed E-state index contributed by atoms with van der Waals surface area (Å²) < 4.78 is 7.47. The maximum absolute atomic E-state index is 10.6. The van der Waals surface area contributed by atoms with Crippen LogP contribution in [0.15, 0.2) is 12.3 Å². The highest BCUT2D eigenvalue weighted by molar-refractivity contribution is 5.05. The van der Waals surface area contributed by atoms with Crippen molar-refractivity contribution in [1.82, 2.24) is 9.78 Å². The Morgan fingerprint density at radius 1 is 1.65 bits per heavy atom. The first kappa shape index (κ1) is 12.6. The molecule has 2 heterocycles. The Kier molecular flexibility index (Phi) is 3.54. The van der Waals surface area contributed by atoms with Crippen molar-refractivity contribution < 1.29 is 9.84 Å². The Bertz CT molecular complexity index is 375. The summed E-state index contributed by atoms with van der Waals surface area (Å²) in [5.41, 5.74) is 0.307. The lowest BCUT2D eigenvalue weighted by Crippen LogP contribution is -2.44. The van der Waals surface area contributed by atoms with Crippen molar-refractivity contribution in [3.8, 4) is 0 Å². The molecule has 0 radical (unpaired) electrons. The van der Waals surface area contributed by atoms with Gasteiger partial charge in [0.05, 0.1) is 17.4 Å². The van der Waals surface area contributed by atoms with Gasteiger partial charge >= 0.3 is 0 Å². The summed E-state index contributed by atoms with van der Waals surface area (Å²) in [6.07, 6.45) is 4.12. The van der Waals surface area contributed by atoms with E-state index >= 15 is 0 Å². The number of nitrogens with zero attached hydrogens (tertiary/aromatic N) is 2. The van der Waals surface area contributed by atoms with E-state index in [1.165, 1.54) is 0 Å². The van der Waals surface area contributed by atoms with Gasteiger partial charge in [-0.25, -0.2) is 0 Å². The summed E-state index contributed by atoms with van der Waals surface area (Å²) in [5.74, 6) is 0.450. The monoisotopic (exact) mass is 238 g/mol. The van der Waals surface area contributed by atoms with Crippen LogP contribution in [0.25, 0.3) is 0 Å². The Balaban J connectivity index is 2.03. The topological polar surface area (TPSA) is 47.3 Å². The highest BCUT2D eigenvalue weighted by Gasteiger charge is 2.36. The zero-order chi connectivity index (χ0) is 12.5. The Morgan fingerprint density at radius 3 is 3.00 bits per heavy atom. The van der Waals surface area contributed by atoms with E-state index in [1.54, 1.807) is 4.68 Å². The van der Waals surface area contributed by atoms with Crippen LogP contribution < -0.4 is 0 Å². The van der Waals surface area contributed by atoms with Crippen molar-refractivity contribution in [2.75, 3.05) is 6.61 Å². The number of aliphatic hydroxyl groups is 1. The first-order chi connectivity index (χ1) is 7.98. The van der Waals surface area contributed by atoms with Crippen LogP contribution in [-0.4, -0.2) is 33.2 Å². The molecule has 2 atom stereocenters. The van der Waals surface area contributed by atoms with E-state index in [-0.39, 0.29) is 6.10 Å². The number of rotatable bonds is 3. The van der Waals surface area contributed by atoms with Crippen molar-refractivity contribution in [3.63, 3.8) is 0 Å². The Morgan fingerprint density at radius 2 is 2.41 bits per heavy atom. The van der Waals surface area contributed by atoms with Gasteiger partial charge in [0.25, 0.3) is 0 Å². The van der Waals surface area contributed by atoms with Gasteiger partial charge in [0.15, 0.2) is 0 Å². The molecule has 1 aromatic heterocycles. The summed E-state index contributed by atoms with van der Waals surface area (Å²) in [7, 11) is 1.90. The molecule has 4 heteroatoms. The van der Waals surface area contributed by atoms with Crippen molar-refractivity contribution in [2.45, 2.75) is 44.8 Å². The van der Waals surface area contributed by atoms with Crippen LogP contribution in [0.5, 0.6) is 0 Å². The minimum Gasteiger partial charge on any atom is -0.389 e. The quantitative estimate of drug-likeness (QED) is 0.868. The van der Waals surface area contributed by atoms with Gasteiger partial charge in [0.2, 0.25) is 0 Å². The number of ether oxygens (including phenoxy) is 1. The first-order valence-corrected chi connectivity index (χ1v) is 6.31. The second-order valence-electron chi connectivity index (χ2n) is 5.49. The molecule has 2 unspecified atom stereocenters. The van der Waals surface area contributed by atoms with E-state index in [4.69, 9.17) is 4.74 Å². The van der Waals surface area contributed by atoms with Gasteiger partial charge < -0.3 is 9.84 Å². The van der Waals surface area contributed by atoms with Crippen LogP contribution in [0, 0.1) is 5.92 Å². The van der Waals surface area contributed by atoms with E-state index in [0.29, 0.717) is 31.8 Å². The van der Waals surface area contributed by atoms with E-state index in [9.17, 15) is 5.11 Å². The summed E-state index contributed by atoms with van der Waals surface area (Å²) >= 11 is 0. The van der Waals surface area contributed by atoms with Crippen molar-refractivity contribution in [3.05, 3.63) is 18.0 Å². The molecule has 1 aromatic rings. The fourth-order valence-corrected chi connectivity index (χ4v) is 2.42. The molecule has 1 fully saturated rings. The van der Waals surface area contributed by atoms with Gasteiger partial charge in [-0.2, -0.15) is 5.10 Å². The maximum atomic E-state index is 10.6. The predicted octanol–water partition coefficient (Wildman–Crippen LogP) is 1.53. The molecule has 0 aliphatic carbocycles. The van der Waals surface area contributed by atoms with Crippen LogP contribution >= 0.6 is 0 Å². The van der Waals surface area contributed by atoms with Gasteiger partial charge in [-0.3, -0.25) is 4.68 Å². The smallest absolute Gasteiger partial charge is 0.0750 e. The SMILES string of the molecule is CC(C)C1CC(O)(Cc2ccn(C)n2)CCO1. The Hall–Kier alpha value is -0.870.